The number of imidazole rings is 1. The number of nitrogens with one attached hydrogen (secondary N) is 1. The monoisotopic (exact) mass is 563 g/mol. The second-order valence-corrected chi connectivity index (χ2v) is 10.5. The van der Waals surface area contributed by atoms with Crippen LogP contribution >= 0.6 is 0 Å². The van der Waals surface area contributed by atoms with Crippen LogP contribution in [0.25, 0.3) is 44.5 Å². The molecule has 1 aliphatic rings. The lowest BCUT2D eigenvalue weighted by Gasteiger charge is -2.13. The number of carbonyl (C=O) groups excluding carboxylic acids is 1. The third-order valence-corrected chi connectivity index (χ3v) is 7.86. The zero-order valence-corrected chi connectivity index (χ0v) is 23.5. The minimum Gasteiger partial charge on any atom is -0.453 e. The van der Waals surface area contributed by atoms with Crippen molar-refractivity contribution in [2.24, 2.45) is 19.8 Å². The van der Waals surface area contributed by atoms with Gasteiger partial charge in [0.05, 0.1) is 41.0 Å². The maximum Gasteiger partial charge on any atom is 0.404 e. The first-order chi connectivity index (χ1) is 19.7. The van der Waals surface area contributed by atoms with Crippen LogP contribution in [0.2, 0.25) is 0 Å². The Balaban J connectivity index is 0.000000623. The molecule has 5 aromatic rings. The molecule has 1 atom stereocenters. The molecule has 41 heavy (non-hydrogen) atoms. The van der Waals surface area contributed by atoms with Gasteiger partial charge in [-0.3, -0.25) is 13.8 Å². The molecule has 1 unspecified atom stereocenters. The molecule has 1 saturated carbocycles. The second-order valence-electron chi connectivity index (χ2n) is 10.5. The molecule has 11 nitrogen and oxygen atoms in total. The Morgan fingerprint density at radius 3 is 2.46 bits per heavy atom. The van der Waals surface area contributed by atoms with Crippen molar-refractivity contribution in [3.63, 3.8) is 0 Å². The molecule has 1 amide bonds. The van der Waals surface area contributed by atoms with Crippen molar-refractivity contribution in [3.8, 4) is 22.4 Å². The summed E-state index contributed by atoms with van der Waals surface area (Å²) in [5.74, 6) is -0.569. The minimum atomic E-state index is -0.745. The molecule has 0 saturated heterocycles. The van der Waals surface area contributed by atoms with Crippen LogP contribution < -0.4 is 11.4 Å². The summed E-state index contributed by atoms with van der Waals surface area (Å²) in [6.07, 6.45) is 6.74. The highest BCUT2D eigenvalue weighted by atomic mass is 19.1. The van der Waals surface area contributed by atoms with E-state index in [1.807, 2.05) is 35.8 Å². The summed E-state index contributed by atoms with van der Waals surface area (Å²) in [4.78, 5) is 30.8. The Kier molecular flexibility index (Phi) is 7.68. The number of hydrogen-bond acceptors (Lipinski definition) is 6. The quantitative estimate of drug-likeness (QED) is 0.290. The number of aromatic amines is 1. The van der Waals surface area contributed by atoms with Crippen molar-refractivity contribution in [3.05, 3.63) is 58.7 Å². The van der Waals surface area contributed by atoms with Gasteiger partial charge >= 0.3 is 11.8 Å². The molecule has 6 rings (SSSR count). The second kappa shape index (κ2) is 11.2. The third kappa shape index (κ3) is 4.99. The van der Waals surface area contributed by atoms with Gasteiger partial charge in [-0.1, -0.05) is 44.0 Å². The van der Waals surface area contributed by atoms with Gasteiger partial charge in [-0.15, -0.1) is 5.10 Å². The van der Waals surface area contributed by atoms with E-state index in [4.69, 9.17) is 0 Å². The SMILES string of the molecule is CC(CO)c1ccc(-c2c(-c3cn(C)nc3F)[nH]c3ncc4c(c23)n(C2CCCC2)c(=O)n4C)cc1.COC(N)=O. The summed E-state index contributed by atoms with van der Waals surface area (Å²) in [6.45, 7) is 2.02. The molecule has 0 spiro atoms. The number of rotatable bonds is 5. The largest absolute Gasteiger partial charge is 0.453 e. The average molecular weight is 564 g/mol. The van der Waals surface area contributed by atoms with Crippen molar-refractivity contribution in [1.29, 1.82) is 0 Å². The number of amides is 1. The van der Waals surface area contributed by atoms with Crippen LogP contribution in [-0.4, -0.2) is 53.8 Å². The highest BCUT2D eigenvalue weighted by Gasteiger charge is 2.28. The highest BCUT2D eigenvalue weighted by Crippen LogP contribution is 2.43. The molecule has 216 valence electrons. The Morgan fingerprint density at radius 2 is 1.90 bits per heavy atom. The van der Waals surface area contributed by atoms with Gasteiger partial charge in [-0.25, -0.2) is 14.6 Å². The fraction of sp³-hybridized carbons (Fsp3) is 0.379. The first-order valence-corrected chi connectivity index (χ1v) is 13.5. The number of aromatic nitrogens is 6. The number of pyridine rings is 1. The lowest BCUT2D eigenvalue weighted by molar-refractivity contribution is 0.182. The van der Waals surface area contributed by atoms with Gasteiger partial charge in [-0.05, 0) is 24.0 Å². The Morgan fingerprint density at radius 1 is 1.24 bits per heavy atom. The Hall–Kier alpha value is -4.45. The summed E-state index contributed by atoms with van der Waals surface area (Å²) in [5.41, 5.74) is 10.1. The van der Waals surface area contributed by atoms with E-state index in [1.54, 1.807) is 31.1 Å². The van der Waals surface area contributed by atoms with Crippen LogP contribution in [-0.2, 0) is 18.8 Å². The van der Waals surface area contributed by atoms with Crippen molar-refractivity contribution < 1.29 is 19.0 Å². The van der Waals surface area contributed by atoms with Crippen LogP contribution in [0, 0.1) is 5.95 Å². The lowest BCUT2D eigenvalue weighted by Crippen LogP contribution is -2.24. The first-order valence-electron chi connectivity index (χ1n) is 13.5. The fourth-order valence-corrected chi connectivity index (χ4v) is 5.68. The molecular formula is C29H34FN7O4. The number of ether oxygens (including phenoxy) is 1. The van der Waals surface area contributed by atoms with Crippen molar-refractivity contribution in [1.82, 2.24) is 28.9 Å². The fourth-order valence-electron chi connectivity index (χ4n) is 5.68. The molecule has 4 aromatic heterocycles. The number of hydrogen-bond donors (Lipinski definition) is 3. The standard InChI is InChI=1S/C27H29FN6O2.C2H5NO2/c1-15(14-35)16-8-10-17(11-9-16)21-22-24-20(33(3)27(36)34(24)18-6-4-5-7-18)12-29-26(22)30-23(21)19-13-32(2)31-25(19)28;1-5-2(3)4/h8-13,15,18,35H,4-7,14H2,1-3H3,(H,29,30);1H3,(H2,3,4). The molecule has 0 bridgehead atoms. The minimum absolute atomic E-state index is 0.00676. The zero-order chi connectivity index (χ0) is 29.4. The molecule has 4 heterocycles. The molecule has 1 aliphatic carbocycles. The van der Waals surface area contributed by atoms with E-state index in [-0.39, 0.29) is 24.3 Å². The molecule has 4 N–H and O–H groups in total. The first kappa shape index (κ1) is 28.1. The maximum absolute atomic E-state index is 15.0. The molecule has 1 aromatic carbocycles. The van der Waals surface area contributed by atoms with Gasteiger partial charge < -0.3 is 20.6 Å². The van der Waals surface area contributed by atoms with Gasteiger partial charge in [0.2, 0.25) is 5.95 Å². The van der Waals surface area contributed by atoms with Crippen LogP contribution in [0.4, 0.5) is 9.18 Å². The summed E-state index contributed by atoms with van der Waals surface area (Å²) < 4.78 is 23.9. The highest BCUT2D eigenvalue weighted by molar-refractivity contribution is 6.14. The number of carbonyl (C=O) groups is 1. The summed E-state index contributed by atoms with van der Waals surface area (Å²) in [5, 5.41) is 14.3. The predicted octanol–water partition coefficient (Wildman–Crippen LogP) is 4.35. The van der Waals surface area contributed by atoms with E-state index < -0.39 is 12.0 Å². The Labute approximate surface area is 235 Å². The number of aliphatic hydroxyl groups excluding tert-OH is 1. The van der Waals surface area contributed by atoms with Crippen molar-refractivity contribution in [2.45, 2.75) is 44.6 Å². The number of benzene rings is 1. The molecular weight excluding hydrogens is 529 g/mol. The summed E-state index contributed by atoms with van der Waals surface area (Å²) in [6, 6.07) is 8.08. The van der Waals surface area contributed by atoms with E-state index in [0.717, 1.165) is 58.8 Å². The third-order valence-electron chi connectivity index (χ3n) is 7.86. The number of aryl methyl sites for hydroxylation is 2. The lowest BCUT2D eigenvalue weighted by atomic mass is 9.95. The van der Waals surface area contributed by atoms with Crippen LogP contribution in [0.5, 0.6) is 0 Å². The molecule has 0 aliphatic heterocycles. The van der Waals surface area contributed by atoms with Gasteiger partial charge in [0, 0.05) is 44.4 Å². The number of halogens is 1. The van der Waals surface area contributed by atoms with Crippen LogP contribution in [0.1, 0.15) is 50.1 Å². The topological polar surface area (TPSA) is 146 Å². The number of nitrogens with zero attached hydrogens (tertiary/aromatic N) is 5. The van der Waals surface area contributed by atoms with Crippen molar-refractivity contribution >= 4 is 28.2 Å². The number of aliphatic hydroxyl groups is 1. The molecule has 1 fully saturated rings. The van der Waals surface area contributed by atoms with E-state index >= 15 is 0 Å². The van der Waals surface area contributed by atoms with Crippen LogP contribution in [0.3, 0.4) is 0 Å². The predicted molar refractivity (Wildman–Crippen MR) is 154 cm³/mol. The molecule has 12 heteroatoms. The number of fused-ring (bicyclic) bond motifs is 3. The average Bonchev–Trinajstić information content (AvgIpc) is 3.74. The van der Waals surface area contributed by atoms with E-state index in [9.17, 15) is 19.1 Å². The summed E-state index contributed by atoms with van der Waals surface area (Å²) in [7, 11) is 4.69. The zero-order valence-electron chi connectivity index (χ0n) is 23.5. The maximum atomic E-state index is 15.0. The van der Waals surface area contributed by atoms with E-state index in [0.29, 0.717) is 16.9 Å². The Bertz CT molecular complexity index is 1780. The van der Waals surface area contributed by atoms with Crippen LogP contribution in [0.15, 0.2) is 41.5 Å². The van der Waals surface area contributed by atoms with Crippen molar-refractivity contribution in [2.75, 3.05) is 13.7 Å². The van der Waals surface area contributed by atoms with Gasteiger partial charge in [0.15, 0.2) is 0 Å². The number of nitrogens with two attached hydrogens (primary N) is 1. The van der Waals surface area contributed by atoms with E-state index in [1.165, 1.54) is 11.8 Å². The summed E-state index contributed by atoms with van der Waals surface area (Å²) >= 11 is 0. The van der Waals surface area contributed by atoms with Gasteiger partial charge in [-0.2, -0.15) is 4.39 Å². The smallest absolute Gasteiger partial charge is 0.404 e. The molecule has 0 radical (unpaired) electrons. The van der Waals surface area contributed by atoms with E-state index in [2.05, 4.69) is 25.5 Å². The number of H-pyrrole nitrogens is 1. The van der Waals surface area contributed by atoms with Gasteiger partial charge in [0.1, 0.15) is 5.65 Å². The number of primary amides is 1. The van der Waals surface area contributed by atoms with Gasteiger partial charge in [0.25, 0.3) is 0 Å². The number of methoxy groups -OCH3 is 1. The normalized spacial score (nSPS) is 14.4.